The monoisotopic (exact) mass is 365 g/mol. The van der Waals surface area contributed by atoms with E-state index in [1.165, 1.54) is 6.92 Å². The number of aromatic nitrogens is 2. The van der Waals surface area contributed by atoms with Gasteiger partial charge in [0.25, 0.3) is 0 Å². The molecule has 0 aliphatic heterocycles. The number of hydrogen-bond donors (Lipinski definition) is 4. The predicted molar refractivity (Wildman–Crippen MR) is 105 cm³/mol. The quantitative estimate of drug-likeness (QED) is 0.620. The minimum absolute atomic E-state index is 0.112. The molecule has 1 heterocycles. The van der Waals surface area contributed by atoms with Crippen LogP contribution in [0.15, 0.2) is 30.5 Å². The molecule has 1 aliphatic rings. The van der Waals surface area contributed by atoms with Gasteiger partial charge in [-0.2, -0.15) is 4.98 Å². The van der Waals surface area contributed by atoms with E-state index in [2.05, 4.69) is 32.4 Å². The summed E-state index contributed by atoms with van der Waals surface area (Å²) < 4.78 is 0. The maximum atomic E-state index is 11.1. The van der Waals surface area contributed by atoms with Gasteiger partial charge in [-0.1, -0.05) is 11.8 Å². The summed E-state index contributed by atoms with van der Waals surface area (Å²) in [7, 11) is 0. The Hall–Kier alpha value is -3.11. The van der Waals surface area contributed by atoms with Crippen LogP contribution >= 0.6 is 0 Å². The standard InChI is InChI=1S/C20H23N5O2/c1-13(26)23-16-6-3-14(4-7-16)2-5-15-12-22-20(21)25-19(15)24-17-8-10-18(27)11-9-17/h3-4,6-7,12,17-18,27H,8-11H2,1H3,(H,23,26)(H3,21,22,24,25). The van der Waals surface area contributed by atoms with Crippen molar-refractivity contribution in [1.29, 1.82) is 0 Å². The third-order valence-electron chi connectivity index (χ3n) is 4.39. The van der Waals surface area contributed by atoms with Gasteiger partial charge in [-0.3, -0.25) is 4.79 Å². The van der Waals surface area contributed by atoms with E-state index in [1.807, 2.05) is 12.1 Å². The minimum atomic E-state index is -0.210. The number of aliphatic hydroxyl groups is 1. The number of hydrogen-bond acceptors (Lipinski definition) is 6. The normalized spacial score (nSPS) is 18.9. The van der Waals surface area contributed by atoms with Crippen molar-refractivity contribution in [3.63, 3.8) is 0 Å². The molecule has 0 atom stereocenters. The van der Waals surface area contributed by atoms with Crippen molar-refractivity contribution < 1.29 is 9.90 Å². The van der Waals surface area contributed by atoms with Crippen LogP contribution < -0.4 is 16.4 Å². The largest absolute Gasteiger partial charge is 0.393 e. The lowest BCUT2D eigenvalue weighted by atomic mass is 9.93. The molecule has 0 radical (unpaired) electrons. The summed E-state index contributed by atoms with van der Waals surface area (Å²) in [6, 6.07) is 7.52. The summed E-state index contributed by atoms with van der Waals surface area (Å²) in [5.41, 5.74) is 7.94. The van der Waals surface area contributed by atoms with Crippen LogP contribution in [0.4, 0.5) is 17.5 Å². The number of aliphatic hydroxyl groups excluding tert-OH is 1. The molecule has 0 spiro atoms. The van der Waals surface area contributed by atoms with Crippen LogP contribution in [-0.4, -0.2) is 33.1 Å². The second kappa shape index (κ2) is 8.52. The van der Waals surface area contributed by atoms with E-state index in [1.54, 1.807) is 18.3 Å². The molecule has 1 aromatic heterocycles. The highest BCUT2D eigenvalue weighted by atomic mass is 16.3. The van der Waals surface area contributed by atoms with Crippen molar-refractivity contribution >= 4 is 23.4 Å². The zero-order valence-corrected chi connectivity index (χ0v) is 15.2. The third kappa shape index (κ3) is 5.43. The molecular formula is C20H23N5O2. The first kappa shape index (κ1) is 18.7. The fourth-order valence-electron chi connectivity index (χ4n) is 2.99. The van der Waals surface area contributed by atoms with Crippen molar-refractivity contribution in [2.24, 2.45) is 0 Å². The number of carbonyl (C=O) groups excluding carboxylic acids is 1. The molecule has 7 nitrogen and oxygen atoms in total. The lowest BCUT2D eigenvalue weighted by Gasteiger charge is -2.26. The Morgan fingerprint density at radius 1 is 1.19 bits per heavy atom. The van der Waals surface area contributed by atoms with Crippen LogP contribution in [0, 0.1) is 11.8 Å². The summed E-state index contributed by atoms with van der Waals surface area (Å²) >= 11 is 0. The van der Waals surface area contributed by atoms with Crippen LogP contribution in [-0.2, 0) is 4.79 Å². The molecule has 0 unspecified atom stereocenters. The smallest absolute Gasteiger partial charge is 0.222 e. The number of nitrogens with two attached hydrogens (primary N) is 1. The first-order chi connectivity index (χ1) is 13.0. The zero-order chi connectivity index (χ0) is 19.2. The summed E-state index contributed by atoms with van der Waals surface area (Å²) in [4.78, 5) is 19.4. The lowest BCUT2D eigenvalue weighted by molar-refractivity contribution is -0.114. The van der Waals surface area contributed by atoms with Crippen molar-refractivity contribution in [1.82, 2.24) is 9.97 Å². The number of anilines is 3. The van der Waals surface area contributed by atoms with Crippen LogP contribution in [0.5, 0.6) is 0 Å². The van der Waals surface area contributed by atoms with E-state index in [0.717, 1.165) is 36.9 Å². The minimum Gasteiger partial charge on any atom is -0.393 e. The molecule has 0 bridgehead atoms. The summed E-state index contributed by atoms with van der Waals surface area (Å²) in [6.45, 7) is 1.47. The number of nitrogens with zero attached hydrogens (tertiary/aromatic N) is 2. The van der Waals surface area contributed by atoms with Gasteiger partial charge in [0.1, 0.15) is 5.82 Å². The number of rotatable bonds is 3. The van der Waals surface area contributed by atoms with Gasteiger partial charge in [-0.25, -0.2) is 4.98 Å². The third-order valence-corrected chi connectivity index (χ3v) is 4.39. The molecule has 140 valence electrons. The lowest BCUT2D eigenvalue weighted by Crippen LogP contribution is -2.29. The molecule has 1 aliphatic carbocycles. The Kier molecular flexibility index (Phi) is 5.89. The number of nitrogen functional groups attached to an aromatic ring is 1. The molecule has 1 fully saturated rings. The van der Waals surface area contributed by atoms with Gasteiger partial charge in [0.05, 0.1) is 17.9 Å². The zero-order valence-electron chi connectivity index (χ0n) is 15.2. The Labute approximate surface area is 158 Å². The summed E-state index contributed by atoms with van der Waals surface area (Å²) in [5.74, 6) is 6.87. The van der Waals surface area contributed by atoms with E-state index in [0.29, 0.717) is 11.4 Å². The Balaban J connectivity index is 1.75. The molecule has 1 saturated carbocycles. The molecule has 7 heteroatoms. The fourth-order valence-corrected chi connectivity index (χ4v) is 2.99. The maximum Gasteiger partial charge on any atom is 0.222 e. The SMILES string of the molecule is CC(=O)Nc1ccc(C#Cc2cnc(N)nc2NC2CCC(O)CC2)cc1. The highest BCUT2D eigenvalue weighted by Crippen LogP contribution is 2.23. The van der Waals surface area contributed by atoms with Crippen LogP contribution in [0.2, 0.25) is 0 Å². The van der Waals surface area contributed by atoms with Gasteiger partial charge < -0.3 is 21.5 Å². The van der Waals surface area contributed by atoms with Gasteiger partial charge in [0.2, 0.25) is 11.9 Å². The summed E-state index contributed by atoms with van der Waals surface area (Å²) in [6.07, 6.45) is 4.71. The average molecular weight is 365 g/mol. The van der Waals surface area contributed by atoms with Gasteiger partial charge in [-0.15, -0.1) is 0 Å². The number of nitrogens with one attached hydrogen (secondary N) is 2. The maximum absolute atomic E-state index is 11.1. The van der Waals surface area contributed by atoms with Crippen molar-refractivity contribution in [2.75, 3.05) is 16.4 Å². The van der Waals surface area contributed by atoms with Crippen molar-refractivity contribution in [2.45, 2.75) is 44.8 Å². The molecule has 1 amide bonds. The number of benzene rings is 1. The Bertz CT molecular complexity index is 862. The van der Waals surface area contributed by atoms with Gasteiger partial charge in [0, 0.05) is 24.2 Å². The fraction of sp³-hybridized carbons (Fsp3) is 0.350. The Morgan fingerprint density at radius 2 is 1.89 bits per heavy atom. The first-order valence-electron chi connectivity index (χ1n) is 8.96. The van der Waals surface area contributed by atoms with E-state index in [4.69, 9.17) is 5.73 Å². The second-order valence-electron chi connectivity index (χ2n) is 6.65. The topological polar surface area (TPSA) is 113 Å². The molecule has 3 rings (SSSR count). The molecule has 27 heavy (non-hydrogen) atoms. The highest BCUT2D eigenvalue weighted by molar-refractivity contribution is 5.88. The van der Waals surface area contributed by atoms with Gasteiger partial charge in [-0.05, 0) is 49.9 Å². The summed E-state index contributed by atoms with van der Waals surface area (Å²) in [5, 5.41) is 15.8. The van der Waals surface area contributed by atoms with Gasteiger partial charge in [0.15, 0.2) is 0 Å². The molecular weight excluding hydrogens is 342 g/mol. The van der Waals surface area contributed by atoms with Gasteiger partial charge >= 0.3 is 0 Å². The van der Waals surface area contributed by atoms with Crippen molar-refractivity contribution in [3.05, 3.63) is 41.6 Å². The average Bonchev–Trinajstić information content (AvgIpc) is 2.64. The van der Waals surface area contributed by atoms with E-state index < -0.39 is 0 Å². The van der Waals surface area contributed by atoms with Crippen LogP contribution in [0.3, 0.4) is 0 Å². The number of carbonyl (C=O) groups is 1. The van der Waals surface area contributed by atoms with Crippen LogP contribution in [0.1, 0.15) is 43.7 Å². The number of amides is 1. The second-order valence-corrected chi connectivity index (χ2v) is 6.65. The van der Waals surface area contributed by atoms with E-state index in [-0.39, 0.29) is 24.0 Å². The van der Waals surface area contributed by atoms with Crippen molar-refractivity contribution in [3.8, 4) is 11.8 Å². The molecule has 1 aromatic carbocycles. The predicted octanol–water partition coefficient (Wildman–Crippen LogP) is 2.13. The first-order valence-corrected chi connectivity index (χ1v) is 8.96. The van der Waals surface area contributed by atoms with E-state index in [9.17, 15) is 9.90 Å². The van der Waals surface area contributed by atoms with E-state index >= 15 is 0 Å². The Morgan fingerprint density at radius 3 is 2.56 bits per heavy atom. The highest BCUT2D eigenvalue weighted by Gasteiger charge is 2.20. The molecule has 2 aromatic rings. The molecule has 0 saturated heterocycles. The van der Waals surface area contributed by atoms with Crippen LogP contribution in [0.25, 0.3) is 0 Å². The molecule has 5 N–H and O–H groups in total.